The van der Waals surface area contributed by atoms with Gasteiger partial charge in [-0.3, -0.25) is 9.59 Å². The van der Waals surface area contributed by atoms with E-state index < -0.39 is 36.4 Å². The van der Waals surface area contributed by atoms with E-state index in [-0.39, 0.29) is 17.9 Å². The average molecular weight is 381 g/mol. The SMILES string of the molecule is Cc1oc(-c2ccccc2)c(C(=O)N2CCC(C(=O)O)(C(F)(F)F)C2)c1C. The Kier molecular flexibility index (Phi) is 4.53. The van der Waals surface area contributed by atoms with Crippen LogP contribution < -0.4 is 0 Å². The maximum atomic E-state index is 13.4. The lowest BCUT2D eigenvalue weighted by molar-refractivity contribution is -0.227. The Hall–Kier alpha value is -2.77. The van der Waals surface area contributed by atoms with Crippen LogP contribution in [0.25, 0.3) is 11.3 Å². The lowest BCUT2D eigenvalue weighted by atomic mass is 9.86. The van der Waals surface area contributed by atoms with Gasteiger partial charge in [-0.2, -0.15) is 13.2 Å². The van der Waals surface area contributed by atoms with Crippen LogP contribution in [0.15, 0.2) is 34.7 Å². The number of aliphatic carboxylic acids is 1. The molecule has 0 radical (unpaired) electrons. The number of carbonyl (C=O) groups excluding carboxylic acids is 1. The molecule has 1 saturated heterocycles. The number of alkyl halides is 3. The van der Waals surface area contributed by atoms with Gasteiger partial charge in [0.15, 0.2) is 5.41 Å². The molecule has 0 bridgehead atoms. The molecule has 1 atom stereocenters. The maximum absolute atomic E-state index is 13.4. The van der Waals surface area contributed by atoms with Crippen molar-refractivity contribution in [1.82, 2.24) is 4.90 Å². The van der Waals surface area contributed by atoms with E-state index in [0.29, 0.717) is 16.9 Å². The van der Waals surface area contributed by atoms with Gasteiger partial charge in [-0.05, 0) is 20.3 Å². The van der Waals surface area contributed by atoms with Crippen LogP contribution in [0.4, 0.5) is 13.2 Å². The first-order valence-corrected chi connectivity index (χ1v) is 8.33. The first-order valence-electron chi connectivity index (χ1n) is 8.33. The van der Waals surface area contributed by atoms with E-state index in [2.05, 4.69) is 0 Å². The van der Waals surface area contributed by atoms with Gasteiger partial charge in [0.2, 0.25) is 0 Å². The number of carboxylic acids is 1. The molecule has 3 rings (SSSR count). The molecule has 2 aromatic rings. The molecule has 1 aromatic heterocycles. The number of hydrogen-bond acceptors (Lipinski definition) is 3. The molecule has 1 fully saturated rings. The lowest BCUT2D eigenvalue weighted by Crippen LogP contribution is -2.47. The predicted octanol–water partition coefficient (Wildman–Crippen LogP) is 4.04. The Morgan fingerprint density at radius 2 is 1.81 bits per heavy atom. The number of carboxylic acid groups (broad SMARTS) is 1. The smallest absolute Gasteiger partial charge is 0.406 e. The van der Waals surface area contributed by atoms with Crippen molar-refractivity contribution in [1.29, 1.82) is 0 Å². The van der Waals surface area contributed by atoms with Crippen molar-refractivity contribution in [3.05, 3.63) is 47.2 Å². The summed E-state index contributed by atoms with van der Waals surface area (Å²) < 4.78 is 45.9. The standard InChI is InChI=1S/C19H18F3NO4/c1-11-12(2)27-15(13-6-4-3-5-7-13)14(11)16(24)23-9-8-18(10-23,17(25)26)19(20,21)22/h3-7H,8-10H2,1-2H3,(H,25,26). The monoisotopic (exact) mass is 381 g/mol. The summed E-state index contributed by atoms with van der Waals surface area (Å²) >= 11 is 0. The van der Waals surface area contributed by atoms with Crippen LogP contribution >= 0.6 is 0 Å². The van der Waals surface area contributed by atoms with E-state index >= 15 is 0 Å². The van der Waals surface area contributed by atoms with Crippen LogP contribution in [0, 0.1) is 19.3 Å². The summed E-state index contributed by atoms with van der Waals surface area (Å²) in [6.45, 7) is 2.12. The summed E-state index contributed by atoms with van der Waals surface area (Å²) in [6.07, 6.45) is -5.62. The molecule has 1 amide bonds. The van der Waals surface area contributed by atoms with Gasteiger partial charge in [-0.1, -0.05) is 30.3 Å². The predicted molar refractivity (Wildman–Crippen MR) is 90.3 cm³/mol. The molecule has 144 valence electrons. The second-order valence-electron chi connectivity index (χ2n) is 6.72. The van der Waals surface area contributed by atoms with Crippen LogP contribution in [-0.4, -0.2) is 41.1 Å². The summed E-state index contributed by atoms with van der Waals surface area (Å²) in [5, 5.41) is 9.18. The zero-order valence-electron chi connectivity index (χ0n) is 14.8. The Morgan fingerprint density at radius 1 is 1.19 bits per heavy atom. The van der Waals surface area contributed by atoms with Gasteiger partial charge in [-0.15, -0.1) is 0 Å². The van der Waals surface area contributed by atoms with E-state index in [1.807, 2.05) is 0 Å². The number of aryl methyl sites for hydroxylation is 1. The number of amides is 1. The molecule has 0 spiro atoms. The van der Waals surface area contributed by atoms with E-state index in [9.17, 15) is 27.9 Å². The minimum Gasteiger partial charge on any atom is -0.481 e. The third-order valence-corrected chi connectivity index (χ3v) is 5.14. The number of furan rings is 1. The molecule has 1 unspecified atom stereocenters. The van der Waals surface area contributed by atoms with Crippen molar-refractivity contribution in [3.63, 3.8) is 0 Å². The number of likely N-dealkylation sites (tertiary alicyclic amines) is 1. The Labute approximate surface area is 153 Å². The summed E-state index contributed by atoms with van der Waals surface area (Å²) in [4.78, 5) is 25.3. The molecular formula is C19H18F3NO4. The Balaban J connectivity index is 2.00. The maximum Gasteiger partial charge on any atom is 0.406 e. The van der Waals surface area contributed by atoms with Gasteiger partial charge in [0, 0.05) is 24.2 Å². The largest absolute Gasteiger partial charge is 0.481 e. The zero-order valence-corrected chi connectivity index (χ0v) is 14.8. The third kappa shape index (κ3) is 2.98. The van der Waals surface area contributed by atoms with Gasteiger partial charge in [0.1, 0.15) is 11.5 Å². The summed E-state index contributed by atoms with van der Waals surface area (Å²) in [7, 11) is 0. The first-order chi connectivity index (χ1) is 12.6. The molecule has 1 aliphatic heterocycles. The van der Waals surface area contributed by atoms with Crippen molar-refractivity contribution in [2.45, 2.75) is 26.4 Å². The van der Waals surface area contributed by atoms with E-state index in [1.54, 1.807) is 44.2 Å². The van der Waals surface area contributed by atoms with E-state index in [4.69, 9.17) is 4.42 Å². The highest BCUT2D eigenvalue weighted by atomic mass is 19.4. The number of hydrogen-bond donors (Lipinski definition) is 1. The van der Waals surface area contributed by atoms with Crippen molar-refractivity contribution in [2.75, 3.05) is 13.1 Å². The minimum atomic E-state index is -4.95. The van der Waals surface area contributed by atoms with Crippen LogP contribution in [0.3, 0.4) is 0 Å². The second kappa shape index (κ2) is 6.44. The normalized spacial score (nSPS) is 20.1. The van der Waals surface area contributed by atoms with Gasteiger partial charge >= 0.3 is 12.1 Å². The van der Waals surface area contributed by atoms with Crippen LogP contribution in [0.2, 0.25) is 0 Å². The highest BCUT2D eigenvalue weighted by molar-refractivity contribution is 6.02. The fourth-order valence-corrected chi connectivity index (χ4v) is 3.35. The second-order valence-corrected chi connectivity index (χ2v) is 6.72. The zero-order chi connectivity index (χ0) is 20.0. The van der Waals surface area contributed by atoms with Gasteiger partial charge in [0.25, 0.3) is 5.91 Å². The molecule has 0 aliphatic carbocycles. The van der Waals surface area contributed by atoms with Crippen molar-refractivity contribution < 1.29 is 32.3 Å². The summed E-state index contributed by atoms with van der Waals surface area (Å²) in [5.41, 5.74) is -1.63. The van der Waals surface area contributed by atoms with Crippen LogP contribution in [0.1, 0.15) is 28.1 Å². The average Bonchev–Trinajstić information content (AvgIpc) is 3.19. The number of carbonyl (C=O) groups is 2. The summed E-state index contributed by atoms with van der Waals surface area (Å²) in [5.74, 6) is -1.86. The fraction of sp³-hybridized carbons (Fsp3) is 0.368. The van der Waals surface area contributed by atoms with Crippen LogP contribution in [0.5, 0.6) is 0 Å². The van der Waals surface area contributed by atoms with Gasteiger partial charge < -0.3 is 14.4 Å². The molecule has 5 nitrogen and oxygen atoms in total. The molecular weight excluding hydrogens is 363 g/mol. The molecule has 2 heterocycles. The topological polar surface area (TPSA) is 70.8 Å². The van der Waals surface area contributed by atoms with Crippen molar-refractivity contribution >= 4 is 11.9 Å². The van der Waals surface area contributed by atoms with E-state index in [1.165, 1.54) is 0 Å². The van der Waals surface area contributed by atoms with E-state index in [0.717, 1.165) is 4.90 Å². The third-order valence-electron chi connectivity index (χ3n) is 5.14. The minimum absolute atomic E-state index is 0.169. The number of nitrogens with zero attached hydrogens (tertiary/aromatic N) is 1. The Morgan fingerprint density at radius 3 is 2.33 bits per heavy atom. The quantitative estimate of drug-likeness (QED) is 0.871. The lowest BCUT2D eigenvalue weighted by Gasteiger charge is -2.27. The van der Waals surface area contributed by atoms with Gasteiger partial charge in [0.05, 0.1) is 5.56 Å². The molecule has 1 aliphatic rings. The molecule has 1 aromatic carbocycles. The number of halogens is 3. The van der Waals surface area contributed by atoms with Crippen molar-refractivity contribution in [2.24, 2.45) is 5.41 Å². The molecule has 27 heavy (non-hydrogen) atoms. The highest BCUT2D eigenvalue weighted by Crippen LogP contribution is 2.46. The number of rotatable bonds is 3. The fourth-order valence-electron chi connectivity index (χ4n) is 3.35. The number of benzene rings is 1. The molecule has 0 saturated carbocycles. The highest BCUT2D eigenvalue weighted by Gasteiger charge is 2.64. The summed E-state index contributed by atoms with van der Waals surface area (Å²) in [6, 6.07) is 8.77. The Bertz CT molecular complexity index is 888. The molecule has 1 N–H and O–H groups in total. The first kappa shape index (κ1) is 19.0. The van der Waals surface area contributed by atoms with Gasteiger partial charge in [-0.25, -0.2) is 0 Å². The van der Waals surface area contributed by atoms with Crippen LogP contribution in [-0.2, 0) is 4.79 Å². The molecule has 8 heteroatoms. The van der Waals surface area contributed by atoms with Crippen molar-refractivity contribution in [3.8, 4) is 11.3 Å².